The van der Waals surface area contributed by atoms with Gasteiger partial charge in [-0.25, -0.2) is 0 Å². The molecule has 1 aromatic rings. The van der Waals surface area contributed by atoms with Gasteiger partial charge in [0.15, 0.2) is 0 Å². The first-order valence-corrected chi connectivity index (χ1v) is 5.81. The smallest absolute Gasteiger partial charge is 0.269 e. The first-order chi connectivity index (χ1) is 8.56. The van der Waals surface area contributed by atoms with Gasteiger partial charge in [-0.2, -0.15) is 0 Å². The highest BCUT2D eigenvalue weighted by Gasteiger charge is 2.11. The van der Waals surface area contributed by atoms with Crippen LogP contribution < -0.4 is 11.1 Å². The minimum Gasteiger partial charge on any atom is -0.330 e. The van der Waals surface area contributed by atoms with E-state index in [-0.39, 0.29) is 17.5 Å². The SMILES string of the molecule is CCC(CN)CC(=O)Nc1ccc([N+](=O)[O-])cc1. The lowest BCUT2D eigenvalue weighted by Crippen LogP contribution is -2.21. The summed E-state index contributed by atoms with van der Waals surface area (Å²) in [5.74, 6) is 0.0456. The van der Waals surface area contributed by atoms with E-state index < -0.39 is 4.92 Å². The molecule has 0 aliphatic heterocycles. The zero-order valence-electron chi connectivity index (χ0n) is 10.3. The highest BCUT2D eigenvalue weighted by atomic mass is 16.6. The topological polar surface area (TPSA) is 98.3 Å². The Hall–Kier alpha value is -1.95. The maximum atomic E-state index is 11.7. The third-order valence-electron chi connectivity index (χ3n) is 2.75. The molecule has 6 nitrogen and oxygen atoms in total. The number of benzene rings is 1. The van der Waals surface area contributed by atoms with E-state index in [9.17, 15) is 14.9 Å². The fourth-order valence-corrected chi connectivity index (χ4v) is 1.54. The molecule has 0 aliphatic rings. The van der Waals surface area contributed by atoms with E-state index in [4.69, 9.17) is 5.73 Å². The molecule has 1 unspecified atom stereocenters. The normalized spacial score (nSPS) is 11.9. The van der Waals surface area contributed by atoms with E-state index in [2.05, 4.69) is 5.32 Å². The van der Waals surface area contributed by atoms with Crippen LogP contribution in [0.5, 0.6) is 0 Å². The number of carbonyl (C=O) groups excluding carboxylic acids is 1. The standard InChI is InChI=1S/C12H17N3O3/c1-2-9(8-13)7-12(16)14-10-3-5-11(6-4-10)15(17)18/h3-6,9H,2,7-8,13H2,1H3,(H,14,16). The highest BCUT2D eigenvalue weighted by molar-refractivity contribution is 5.90. The van der Waals surface area contributed by atoms with Gasteiger partial charge in [0.2, 0.25) is 5.91 Å². The Kier molecular flexibility index (Phi) is 5.26. The summed E-state index contributed by atoms with van der Waals surface area (Å²) in [5.41, 5.74) is 6.08. The van der Waals surface area contributed by atoms with Crippen molar-refractivity contribution in [3.05, 3.63) is 34.4 Å². The molecule has 0 aromatic heterocycles. The molecule has 0 heterocycles. The van der Waals surface area contributed by atoms with Crippen molar-refractivity contribution in [1.29, 1.82) is 0 Å². The number of amides is 1. The molecule has 0 saturated heterocycles. The van der Waals surface area contributed by atoms with Gasteiger partial charge in [0.25, 0.3) is 5.69 Å². The summed E-state index contributed by atoms with van der Waals surface area (Å²) in [6.07, 6.45) is 1.22. The molecule has 1 rings (SSSR count). The molecule has 0 aliphatic carbocycles. The minimum atomic E-state index is -0.479. The van der Waals surface area contributed by atoms with E-state index in [0.29, 0.717) is 18.7 Å². The van der Waals surface area contributed by atoms with Crippen molar-refractivity contribution in [2.75, 3.05) is 11.9 Å². The van der Waals surface area contributed by atoms with Crippen LogP contribution in [0.15, 0.2) is 24.3 Å². The van der Waals surface area contributed by atoms with Crippen molar-refractivity contribution in [2.24, 2.45) is 11.7 Å². The first-order valence-electron chi connectivity index (χ1n) is 5.81. The third-order valence-corrected chi connectivity index (χ3v) is 2.75. The predicted molar refractivity (Wildman–Crippen MR) is 69.2 cm³/mol. The van der Waals surface area contributed by atoms with Crippen molar-refractivity contribution in [3.8, 4) is 0 Å². The van der Waals surface area contributed by atoms with E-state index in [1.807, 2.05) is 6.92 Å². The van der Waals surface area contributed by atoms with Crippen LogP contribution >= 0.6 is 0 Å². The van der Waals surface area contributed by atoms with E-state index in [1.54, 1.807) is 0 Å². The van der Waals surface area contributed by atoms with Gasteiger partial charge < -0.3 is 11.1 Å². The molecule has 0 fully saturated rings. The number of nitrogens with zero attached hydrogens (tertiary/aromatic N) is 1. The van der Waals surface area contributed by atoms with Gasteiger partial charge in [0.05, 0.1) is 4.92 Å². The number of non-ortho nitro benzene ring substituents is 1. The Balaban J connectivity index is 2.56. The molecule has 1 amide bonds. The van der Waals surface area contributed by atoms with E-state index >= 15 is 0 Å². The Morgan fingerprint density at radius 1 is 1.44 bits per heavy atom. The van der Waals surface area contributed by atoms with Gasteiger partial charge in [0.1, 0.15) is 0 Å². The zero-order valence-corrected chi connectivity index (χ0v) is 10.3. The summed E-state index contributed by atoms with van der Waals surface area (Å²) < 4.78 is 0. The lowest BCUT2D eigenvalue weighted by atomic mass is 10.0. The second kappa shape index (κ2) is 6.70. The van der Waals surface area contributed by atoms with Crippen LogP contribution in [0.1, 0.15) is 19.8 Å². The number of carbonyl (C=O) groups is 1. The van der Waals surface area contributed by atoms with Crippen LogP contribution in [0.25, 0.3) is 0 Å². The monoisotopic (exact) mass is 251 g/mol. The molecule has 1 atom stereocenters. The van der Waals surface area contributed by atoms with Gasteiger partial charge in [-0.15, -0.1) is 0 Å². The molecular formula is C12H17N3O3. The second-order valence-electron chi connectivity index (χ2n) is 4.07. The number of anilines is 1. The van der Waals surface area contributed by atoms with Crippen LogP contribution in [0.2, 0.25) is 0 Å². The molecule has 18 heavy (non-hydrogen) atoms. The number of hydrogen-bond acceptors (Lipinski definition) is 4. The van der Waals surface area contributed by atoms with Crippen LogP contribution in [-0.4, -0.2) is 17.4 Å². The second-order valence-corrected chi connectivity index (χ2v) is 4.07. The molecule has 3 N–H and O–H groups in total. The number of nitro groups is 1. The van der Waals surface area contributed by atoms with Gasteiger partial charge in [-0.05, 0) is 24.6 Å². The molecule has 1 aromatic carbocycles. The fourth-order valence-electron chi connectivity index (χ4n) is 1.54. The van der Waals surface area contributed by atoms with Crippen LogP contribution in [0, 0.1) is 16.0 Å². The van der Waals surface area contributed by atoms with Gasteiger partial charge >= 0.3 is 0 Å². The maximum Gasteiger partial charge on any atom is 0.269 e. The fraction of sp³-hybridized carbons (Fsp3) is 0.417. The lowest BCUT2D eigenvalue weighted by molar-refractivity contribution is -0.384. The van der Waals surface area contributed by atoms with Gasteiger partial charge in [0, 0.05) is 24.2 Å². The van der Waals surface area contributed by atoms with Crippen molar-refractivity contribution in [1.82, 2.24) is 0 Å². The summed E-state index contributed by atoms with van der Waals surface area (Å²) in [6, 6.07) is 5.74. The number of hydrogen-bond donors (Lipinski definition) is 2. The Labute approximate surface area is 105 Å². The zero-order chi connectivity index (χ0) is 13.5. The molecule has 6 heteroatoms. The molecule has 0 bridgehead atoms. The summed E-state index contributed by atoms with van der Waals surface area (Å²) in [6.45, 7) is 2.46. The molecule has 0 spiro atoms. The molecular weight excluding hydrogens is 234 g/mol. The van der Waals surface area contributed by atoms with Crippen LogP contribution in [0.4, 0.5) is 11.4 Å². The largest absolute Gasteiger partial charge is 0.330 e. The van der Waals surface area contributed by atoms with Gasteiger partial charge in [-0.3, -0.25) is 14.9 Å². The minimum absolute atomic E-state index is 0.00129. The molecule has 0 radical (unpaired) electrons. The summed E-state index contributed by atoms with van der Waals surface area (Å²) in [7, 11) is 0. The highest BCUT2D eigenvalue weighted by Crippen LogP contribution is 2.16. The van der Waals surface area contributed by atoms with Crippen molar-refractivity contribution in [2.45, 2.75) is 19.8 Å². The predicted octanol–water partition coefficient (Wildman–Crippen LogP) is 1.91. The molecule has 0 saturated carbocycles. The van der Waals surface area contributed by atoms with Crippen LogP contribution in [0.3, 0.4) is 0 Å². The van der Waals surface area contributed by atoms with E-state index in [0.717, 1.165) is 6.42 Å². The lowest BCUT2D eigenvalue weighted by Gasteiger charge is -2.11. The average Bonchev–Trinajstić information content (AvgIpc) is 2.36. The summed E-state index contributed by atoms with van der Waals surface area (Å²) in [5, 5.41) is 13.2. The van der Waals surface area contributed by atoms with Crippen molar-refractivity contribution >= 4 is 17.3 Å². The third kappa shape index (κ3) is 4.14. The van der Waals surface area contributed by atoms with E-state index in [1.165, 1.54) is 24.3 Å². The van der Waals surface area contributed by atoms with Gasteiger partial charge in [-0.1, -0.05) is 13.3 Å². The number of nitrogens with one attached hydrogen (secondary N) is 1. The Morgan fingerprint density at radius 3 is 2.50 bits per heavy atom. The number of nitrogens with two attached hydrogens (primary N) is 1. The van der Waals surface area contributed by atoms with Crippen LogP contribution in [-0.2, 0) is 4.79 Å². The quantitative estimate of drug-likeness (QED) is 0.596. The number of rotatable bonds is 6. The molecule has 98 valence electrons. The summed E-state index contributed by atoms with van der Waals surface area (Å²) in [4.78, 5) is 21.6. The Bertz CT molecular complexity index is 413. The first kappa shape index (κ1) is 14.1. The summed E-state index contributed by atoms with van der Waals surface area (Å²) >= 11 is 0. The number of nitro benzene ring substituents is 1. The maximum absolute atomic E-state index is 11.7. The average molecular weight is 251 g/mol. The van der Waals surface area contributed by atoms with Crippen molar-refractivity contribution < 1.29 is 9.72 Å². The van der Waals surface area contributed by atoms with Crippen molar-refractivity contribution in [3.63, 3.8) is 0 Å². The Morgan fingerprint density at radius 2 is 2.06 bits per heavy atom.